The summed E-state index contributed by atoms with van der Waals surface area (Å²) in [5.74, 6) is 0.427. The maximum absolute atomic E-state index is 13.5. The van der Waals surface area contributed by atoms with Crippen LogP contribution < -0.4 is 14.8 Å². The van der Waals surface area contributed by atoms with E-state index in [-0.39, 0.29) is 6.79 Å². The molecular weight excluding hydrogens is 264 g/mol. The van der Waals surface area contributed by atoms with Gasteiger partial charge in [0.2, 0.25) is 6.79 Å². The molecule has 0 spiro atoms. The zero-order chi connectivity index (χ0) is 13.9. The van der Waals surface area contributed by atoms with Gasteiger partial charge in [-0.15, -0.1) is 0 Å². The molecule has 1 aliphatic rings. The van der Waals surface area contributed by atoms with Gasteiger partial charge in [-0.3, -0.25) is 0 Å². The van der Waals surface area contributed by atoms with Crippen LogP contribution in [0.5, 0.6) is 11.5 Å². The molecule has 5 heteroatoms. The molecular formula is C15H14F2NO2+. The molecule has 3 nitrogen and oxygen atoms in total. The lowest BCUT2D eigenvalue weighted by Crippen LogP contribution is -2.80. The molecule has 0 saturated carbocycles. The molecule has 0 radical (unpaired) electrons. The molecule has 20 heavy (non-hydrogen) atoms. The number of ether oxygens (including phenoxy) is 2. The molecule has 0 aliphatic carbocycles. The Bertz CT molecular complexity index is 631. The topological polar surface area (TPSA) is 35.1 Å². The Morgan fingerprint density at radius 2 is 1.80 bits per heavy atom. The predicted molar refractivity (Wildman–Crippen MR) is 68.3 cm³/mol. The van der Waals surface area contributed by atoms with Gasteiger partial charge in [0.25, 0.3) is 0 Å². The Hall–Kier alpha value is -2.14. The highest BCUT2D eigenvalue weighted by atomic mass is 19.1. The molecule has 0 bridgehead atoms. The second kappa shape index (κ2) is 5.46. The van der Waals surface area contributed by atoms with Gasteiger partial charge in [0.05, 0.1) is 0 Å². The van der Waals surface area contributed by atoms with E-state index in [1.807, 2.05) is 23.5 Å². The lowest BCUT2D eigenvalue weighted by molar-refractivity contribution is -0.686. The lowest BCUT2D eigenvalue weighted by Gasteiger charge is -2.04. The first kappa shape index (κ1) is 12.9. The Labute approximate surface area is 115 Å². The largest absolute Gasteiger partial charge is 0.454 e. The van der Waals surface area contributed by atoms with Crippen molar-refractivity contribution in [3.63, 3.8) is 0 Å². The van der Waals surface area contributed by atoms with Crippen molar-refractivity contribution in [1.29, 1.82) is 0 Å². The summed E-state index contributed by atoms with van der Waals surface area (Å²) in [6, 6.07) is 9.38. The number of nitrogens with two attached hydrogens (primary N) is 1. The summed E-state index contributed by atoms with van der Waals surface area (Å²) in [7, 11) is 0. The van der Waals surface area contributed by atoms with E-state index in [1.54, 1.807) is 0 Å². The Kier molecular flexibility index (Phi) is 3.52. The Morgan fingerprint density at radius 1 is 0.950 bits per heavy atom. The lowest BCUT2D eigenvalue weighted by atomic mass is 10.1. The average Bonchev–Trinajstić information content (AvgIpc) is 2.89. The van der Waals surface area contributed by atoms with Crippen molar-refractivity contribution in [3.8, 4) is 11.5 Å². The second-order valence-electron chi connectivity index (χ2n) is 4.62. The van der Waals surface area contributed by atoms with Crippen LogP contribution in [0.4, 0.5) is 8.78 Å². The minimum absolute atomic E-state index is 0.253. The Balaban J connectivity index is 1.60. The van der Waals surface area contributed by atoms with Crippen molar-refractivity contribution in [3.05, 3.63) is 59.2 Å². The summed E-state index contributed by atoms with van der Waals surface area (Å²) >= 11 is 0. The molecule has 0 saturated heterocycles. The summed E-state index contributed by atoms with van der Waals surface area (Å²) in [6.07, 6.45) is 0. The average molecular weight is 278 g/mol. The number of benzene rings is 2. The fraction of sp³-hybridized carbons (Fsp3) is 0.200. The van der Waals surface area contributed by atoms with Crippen LogP contribution in [0.3, 0.4) is 0 Å². The van der Waals surface area contributed by atoms with E-state index in [0.29, 0.717) is 18.7 Å². The van der Waals surface area contributed by atoms with E-state index < -0.39 is 11.6 Å². The van der Waals surface area contributed by atoms with Crippen LogP contribution in [-0.2, 0) is 13.1 Å². The highest BCUT2D eigenvalue weighted by Gasteiger charge is 2.13. The van der Waals surface area contributed by atoms with Gasteiger partial charge >= 0.3 is 0 Å². The van der Waals surface area contributed by atoms with Gasteiger partial charge in [0.1, 0.15) is 24.7 Å². The summed E-state index contributed by atoms with van der Waals surface area (Å²) in [6.45, 7) is 1.40. The van der Waals surface area contributed by atoms with Crippen molar-refractivity contribution in [2.75, 3.05) is 6.79 Å². The third kappa shape index (κ3) is 2.72. The van der Waals surface area contributed by atoms with Crippen molar-refractivity contribution in [2.24, 2.45) is 0 Å². The normalized spacial score (nSPS) is 12.7. The molecule has 0 unspecified atom stereocenters. The van der Waals surface area contributed by atoms with Gasteiger partial charge in [0, 0.05) is 17.2 Å². The number of rotatable bonds is 4. The first-order valence-electron chi connectivity index (χ1n) is 6.36. The van der Waals surface area contributed by atoms with E-state index in [4.69, 9.17) is 9.47 Å². The molecule has 0 fully saturated rings. The maximum Gasteiger partial charge on any atom is 0.231 e. The molecule has 1 heterocycles. The summed E-state index contributed by atoms with van der Waals surface area (Å²) in [4.78, 5) is 0. The third-order valence-electron chi connectivity index (χ3n) is 3.20. The quantitative estimate of drug-likeness (QED) is 0.928. The minimum atomic E-state index is -0.554. The fourth-order valence-corrected chi connectivity index (χ4v) is 2.15. The van der Waals surface area contributed by atoms with Gasteiger partial charge in [-0.25, -0.2) is 8.78 Å². The molecule has 0 aromatic heterocycles. The fourth-order valence-electron chi connectivity index (χ4n) is 2.15. The predicted octanol–water partition coefficient (Wildman–Crippen LogP) is 1.96. The Morgan fingerprint density at radius 3 is 2.65 bits per heavy atom. The molecule has 104 valence electrons. The first-order chi connectivity index (χ1) is 9.72. The van der Waals surface area contributed by atoms with Crippen LogP contribution in [0.2, 0.25) is 0 Å². The zero-order valence-electron chi connectivity index (χ0n) is 10.7. The molecule has 0 amide bonds. The van der Waals surface area contributed by atoms with Gasteiger partial charge in [0.15, 0.2) is 11.5 Å². The number of halogens is 2. The number of fused-ring (bicyclic) bond motifs is 1. The number of hydrogen-bond donors (Lipinski definition) is 1. The maximum atomic E-state index is 13.5. The first-order valence-corrected chi connectivity index (χ1v) is 6.36. The number of hydrogen-bond acceptors (Lipinski definition) is 2. The van der Waals surface area contributed by atoms with E-state index in [1.165, 1.54) is 12.1 Å². The zero-order valence-corrected chi connectivity index (χ0v) is 10.7. The minimum Gasteiger partial charge on any atom is -0.454 e. The van der Waals surface area contributed by atoms with E-state index in [0.717, 1.165) is 23.1 Å². The van der Waals surface area contributed by atoms with Crippen molar-refractivity contribution < 1.29 is 23.6 Å². The van der Waals surface area contributed by atoms with Gasteiger partial charge in [-0.2, -0.15) is 0 Å². The standard InChI is InChI=1S/C15H13F2NO2/c16-12-3-2-11(13(17)6-12)8-18-7-10-1-4-14-15(5-10)20-9-19-14/h1-6,18H,7-9H2/p+1. The van der Waals surface area contributed by atoms with Gasteiger partial charge in [-0.1, -0.05) is 0 Å². The molecule has 2 aromatic rings. The van der Waals surface area contributed by atoms with Crippen molar-refractivity contribution in [2.45, 2.75) is 13.1 Å². The SMILES string of the molecule is Fc1ccc(C[NH2+]Cc2ccc3c(c2)OCO3)c(F)c1. The van der Waals surface area contributed by atoms with Crippen LogP contribution >= 0.6 is 0 Å². The summed E-state index contributed by atoms with van der Waals surface area (Å²) in [5.41, 5.74) is 1.56. The highest BCUT2D eigenvalue weighted by Crippen LogP contribution is 2.32. The second-order valence-corrected chi connectivity index (χ2v) is 4.62. The highest BCUT2D eigenvalue weighted by molar-refractivity contribution is 5.44. The molecule has 1 aliphatic heterocycles. The van der Waals surface area contributed by atoms with Crippen LogP contribution in [0.25, 0.3) is 0 Å². The van der Waals surface area contributed by atoms with Crippen LogP contribution in [0.1, 0.15) is 11.1 Å². The van der Waals surface area contributed by atoms with Crippen LogP contribution in [-0.4, -0.2) is 6.79 Å². The van der Waals surface area contributed by atoms with E-state index in [9.17, 15) is 8.78 Å². The molecule has 0 atom stereocenters. The summed E-state index contributed by atoms with van der Waals surface area (Å²) in [5, 5.41) is 1.95. The number of quaternary nitrogens is 1. The van der Waals surface area contributed by atoms with E-state index in [2.05, 4.69) is 0 Å². The summed E-state index contributed by atoms with van der Waals surface area (Å²) < 4.78 is 36.8. The molecule has 3 rings (SSSR count). The third-order valence-corrected chi connectivity index (χ3v) is 3.20. The smallest absolute Gasteiger partial charge is 0.231 e. The van der Waals surface area contributed by atoms with Gasteiger partial charge < -0.3 is 14.8 Å². The van der Waals surface area contributed by atoms with Crippen molar-refractivity contribution in [1.82, 2.24) is 0 Å². The van der Waals surface area contributed by atoms with Crippen LogP contribution in [0.15, 0.2) is 36.4 Å². The van der Waals surface area contributed by atoms with Crippen LogP contribution in [0, 0.1) is 11.6 Å². The van der Waals surface area contributed by atoms with E-state index >= 15 is 0 Å². The molecule has 2 N–H and O–H groups in total. The molecule has 2 aromatic carbocycles. The monoisotopic (exact) mass is 278 g/mol. The van der Waals surface area contributed by atoms with Gasteiger partial charge in [-0.05, 0) is 30.3 Å². The van der Waals surface area contributed by atoms with Crippen molar-refractivity contribution >= 4 is 0 Å².